The van der Waals surface area contributed by atoms with Crippen LogP contribution in [0.15, 0.2) is 72.8 Å². The van der Waals surface area contributed by atoms with Gasteiger partial charge in [0.05, 0.1) is 19.8 Å². The average molecular weight is 535 g/mol. The van der Waals surface area contributed by atoms with Crippen LogP contribution in [0, 0.1) is 0 Å². The fourth-order valence-corrected chi connectivity index (χ4v) is 3.80. The molecular weight excluding hydrogens is 480 g/mol. The second kappa shape index (κ2) is 15.6. The molecule has 3 rings (SSSR count). The zero-order valence-electron chi connectivity index (χ0n) is 26.8. The van der Waals surface area contributed by atoms with Gasteiger partial charge in [-0.15, -0.1) is 0 Å². The normalized spacial score (nSPS) is 11.4. The summed E-state index contributed by atoms with van der Waals surface area (Å²) >= 11 is 0. The first-order chi connectivity index (χ1) is 18.1. The number of benzene rings is 3. The lowest BCUT2D eigenvalue weighted by Gasteiger charge is -2.22. The topological polar surface area (TPSA) is 27.7 Å². The molecule has 0 N–H and O–H groups in total. The van der Waals surface area contributed by atoms with Crippen molar-refractivity contribution in [3.63, 3.8) is 0 Å². The van der Waals surface area contributed by atoms with E-state index in [1.807, 2.05) is 57.2 Å². The third kappa shape index (κ3) is 12.6. The van der Waals surface area contributed by atoms with Gasteiger partial charge in [0.15, 0.2) is 0 Å². The molecule has 0 heterocycles. The summed E-state index contributed by atoms with van der Waals surface area (Å²) in [4.78, 5) is 0. The Balaban J connectivity index is 0.000000292. The van der Waals surface area contributed by atoms with Crippen LogP contribution in [-0.2, 0) is 16.2 Å². The van der Waals surface area contributed by atoms with Crippen molar-refractivity contribution in [3.8, 4) is 17.2 Å². The lowest BCUT2D eigenvalue weighted by molar-refractivity contribution is 0.330. The molecule has 0 aliphatic rings. The van der Waals surface area contributed by atoms with E-state index in [-0.39, 0.29) is 16.2 Å². The van der Waals surface area contributed by atoms with Crippen LogP contribution in [0.2, 0.25) is 0 Å². The Morgan fingerprint density at radius 1 is 0.462 bits per heavy atom. The number of rotatable bonds is 6. The molecule has 0 saturated heterocycles. The highest BCUT2D eigenvalue weighted by Gasteiger charge is 2.18. The van der Waals surface area contributed by atoms with Gasteiger partial charge in [0.1, 0.15) is 17.2 Å². The summed E-state index contributed by atoms with van der Waals surface area (Å²) in [6, 6.07) is 24.9. The SMILES string of the molecule is CCOc1ccc(C(C)(C)C)cc1.CCOc1cccc(C(C)(C)C)c1.CCOc1ccccc1C(C)(C)C. The summed E-state index contributed by atoms with van der Waals surface area (Å²) < 4.78 is 16.4. The molecule has 0 aromatic heterocycles. The Labute approximate surface area is 239 Å². The molecule has 216 valence electrons. The highest BCUT2D eigenvalue weighted by atomic mass is 16.5. The smallest absolute Gasteiger partial charge is 0.122 e. The molecule has 3 nitrogen and oxygen atoms in total. The van der Waals surface area contributed by atoms with Crippen LogP contribution in [0.1, 0.15) is 99.8 Å². The van der Waals surface area contributed by atoms with Crippen molar-refractivity contribution in [2.45, 2.75) is 99.3 Å². The van der Waals surface area contributed by atoms with Gasteiger partial charge in [-0.1, -0.05) is 105 Å². The molecular formula is C36H54O3. The number of ether oxygens (including phenoxy) is 3. The summed E-state index contributed by atoms with van der Waals surface area (Å²) in [7, 11) is 0. The predicted octanol–water partition coefficient (Wildman–Crippen LogP) is 10.1. The first-order valence-corrected chi connectivity index (χ1v) is 14.3. The van der Waals surface area contributed by atoms with Gasteiger partial charge in [-0.05, 0) is 84.0 Å². The van der Waals surface area contributed by atoms with Gasteiger partial charge < -0.3 is 14.2 Å². The average Bonchev–Trinajstić information content (AvgIpc) is 2.85. The fraction of sp³-hybridized carbons (Fsp3) is 0.500. The van der Waals surface area contributed by atoms with Crippen molar-refractivity contribution >= 4 is 0 Å². The van der Waals surface area contributed by atoms with Crippen LogP contribution in [0.3, 0.4) is 0 Å². The number of hydrogen-bond donors (Lipinski definition) is 0. The van der Waals surface area contributed by atoms with E-state index < -0.39 is 0 Å². The van der Waals surface area contributed by atoms with E-state index in [0.29, 0.717) is 0 Å². The highest BCUT2D eigenvalue weighted by molar-refractivity contribution is 5.38. The van der Waals surface area contributed by atoms with Gasteiger partial charge in [0.25, 0.3) is 0 Å². The van der Waals surface area contributed by atoms with Crippen molar-refractivity contribution in [1.29, 1.82) is 0 Å². The molecule has 0 fully saturated rings. The number of para-hydroxylation sites is 1. The maximum Gasteiger partial charge on any atom is 0.122 e. The first-order valence-electron chi connectivity index (χ1n) is 14.3. The Kier molecular flexibility index (Phi) is 13.6. The van der Waals surface area contributed by atoms with Crippen molar-refractivity contribution in [1.82, 2.24) is 0 Å². The van der Waals surface area contributed by atoms with Crippen LogP contribution in [0.4, 0.5) is 0 Å². The van der Waals surface area contributed by atoms with Gasteiger partial charge in [-0.2, -0.15) is 0 Å². The Hall–Kier alpha value is -2.94. The summed E-state index contributed by atoms with van der Waals surface area (Å²) in [6.07, 6.45) is 0. The van der Waals surface area contributed by atoms with Crippen LogP contribution >= 0.6 is 0 Å². The monoisotopic (exact) mass is 534 g/mol. The van der Waals surface area contributed by atoms with E-state index in [9.17, 15) is 0 Å². The van der Waals surface area contributed by atoms with Crippen molar-refractivity contribution in [3.05, 3.63) is 89.5 Å². The third-order valence-corrected chi connectivity index (χ3v) is 6.04. The van der Waals surface area contributed by atoms with Gasteiger partial charge >= 0.3 is 0 Å². The molecule has 3 aromatic carbocycles. The molecule has 0 amide bonds. The predicted molar refractivity (Wildman–Crippen MR) is 169 cm³/mol. The van der Waals surface area contributed by atoms with E-state index >= 15 is 0 Å². The van der Waals surface area contributed by atoms with Crippen LogP contribution in [0.25, 0.3) is 0 Å². The molecule has 0 bridgehead atoms. The minimum absolute atomic E-state index is 0.158. The van der Waals surface area contributed by atoms with E-state index in [0.717, 1.165) is 37.1 Å². The van der Waals surface area contributed by atoms with E-state index in [1.165, 1.54) is 16.7 Å². The molecule has 0 saturated carbocycles. The van der Waals surface area contributed by atoms with Crippen molar-refractivity contribution in [2.75, 3.05) is 19.8 Å². The van der Waals surface area contributed by atoms with Crippen LogP contribution in [0.5, 0.6) is 17.2 Å². The molecule has 0 aliphatic heterocycles. The second-order valence-corrected chi connectivity index (χ2v) is 12.6. The Morgan fingerprint density at radius 2 is 0.974 bits per heavy atom. The molecule has 0 radical (unpaired) electrons. The highest BCUT2D eigenvalue weighted by Crippen LogP contribution is 2.31. The molecule has 0 atom stereocenters. The largest absolute Gasteiger partial charge is 0.494 e. The first kappa shape index (κ1) is 34.1. The quantitative estimate of drug-likeness (QED) is 0.315. The molecule has 0 aliphatic carbocycles. The minimum atomic E-state index is 0.158. The van der Waals surface area contributed by atoms with E-state index in [1.54, 1.807) is 0 Å². The molecule has 39 heavy (non-hydrogen) atoms. The van der Waals surface area contributed by atoms with Crippen molar-refractivity contribution in [2.24, 2.45) is 0 Å². The Morgan fingerprint density at radius 3 is 1.46 bits per heavy atom. The van der Waals surface area contributed by atoms with Gasteiger partial charge in [0, 0.05) is 0 Å². The summed E-state index contributed by atoms with van der Waals surface area (Å²) in [5.74, 6) is 2.93. The second-order valence-electron chi connectivity index (χ2n) is 12.6. The summed E-state index contributed by atoms with van der Waals surface area (Å²) in [5, 5.41) is 0. The molecule has 3 aromatic rings. The maximum absolute atomic E-state index is 5.56. The van der Waals surface area contributed by atoms with Gasteiger partial charge in [-0.25, -0.2) is 0 Å². The molecule has 3 heteroatoms. The van der Waals surface area contributed by atoms with Crippen molar-refractivity contribution < 1.29 is 14.2 Å². The summed E-state index contributed by atoms with van der Waals surface area (Å²) in [5.41, 5.74) is 4.52. The van der Waals surface area contributed by atoms with Gasteiger partial charge in [-0.3, -0.25) is 0 Å². The molecule has 0 unspecified atom stereocenters. The van der Waals surface area contributed by atoms with Crippen LogP contribution < -0.4 is 14.2 Å². The maximum atomic E-state index is 5.56. The lowest BCUT2D eigenvalue weighted by atomic mass is 9.86. The van der Waals surface area contributed by atoms with E-state index in [2.05, 4.69) is 98.7 Å². The third-order valence-electron chi connectivity index (χ3n) is 6.04. The zero-order valence-corrected chi connectivity index (χ0v) is 26.8. The Bertz CT molecular complexity index is 1080. The molecule has 0 spiro atoms. The zero-order chi connectivity index (χ0) is 29.7. The van der Waals surface area contributed by atoms with Crippen LogP contribution in [-0.4, -0.2) is 19.8 Å². The lowest BCUT2D eigenvalue weighted by Crippen LogP contribution is -2.13. The standard InChI is InChI=1S/3C12H18O/c1-5-13-11-8-6-10(7-9-11)12(2,3)4;1-5-13-11-8-6-7-10(9-11)12(2,3)4;1-5-13-11-9-7-6-8-10(11)12(2,3)4/h3*6-9H,5H2,1-4H3. The minimum Gasteiger partial charge on any atom is -0.494 e. The number of hydrogen-bond acceptors (Lipinski definition) is 3. The fourth-order valence-electron chi connectivity index (χ4n) is 3.80. The van der Waals surface area contributed by atoms with Gasteiger partial charge in [0.2, 0.25) is 0 Å². The summed E-state index contributed by atoms with van der Waals surface area (Å²) in [6.45, 7) is 28.1. The van der Waals surface area contributed by atoms with E-state index in [4.69, 9.17) is 14.2 Å².